The van der Waals surface area contributed by atoms with Gasteiger partial charge in [-0.25, -0.2) is 0 Å². The Hall–Kier alpha value is -2.80. The van der Waals surface area contributed by atoms with Gasteiger partial charge in [0.05, 0.1) is 11.3 Å². The van der Waals surface area contributed by atoms with E-state index in [1.54, 1.807) is 6.20 Å². The molecular weight excluding hydrogens is 272 g/mol. The summed E-state index contributed by atoms with van der Waals surface area (Å²) < 4.78 is 0. The monoisotopic (exact) mass is 290 g/mol. The third-order valence-electron chi connectivity index (χ3n) is 3.93. The van der Waals surface area contributed by atoms with Crippen LogP contribution in [0.15, 0.2) is 36.8 Å². The number of nitrogens with zero attached hydrogens (tertiary/aromatic N) is 2. The van der Waals surface area contributed by atoms with Gasteiger partial charge in [0.15, 0.2) is 0 Å². The van der Waals surface area contributed by atoms with E-state index < -0.39 is 0 Å². The summed E-state index contributed by atoms with van der Waals surface area (Å²) in [6.07, 6.45) is 7.32. The van der Waals surface area contributed by atoms with Gasteiger partial charge in [-0.1, -0.05) is 13.3 Å². The van der Waals surface area contributed by atoms with Gasteiger partial charge >= 0.3 is 0 Å². The van der Waals surface area contributed by atoms with Crippen molar-refractivity contribution in [1.29, 1.82) is 5.26 Å². The zero-order valence-electron chi connectivity index (χ0n) is 12.8. The molecule has 3 rings (SSSR count). The normalized spacial score (nSPS) is 10.6. The fourth-order valence-electron chi connectivity index (χ4n) is 2.75. The van der Waals surface area contributed by atoms with E-state index in [2.05, 4.69) is 47.3 Å². The second-order valence-electron chi connectivity index (χ2n) is 5.39. The Kier molecular flexibility index (Phi) is 3.80. The summed E-state index contributed by atoms with van der Waals surface area (Å²) in [5.74, 6) is 0. The molecule has 0 saturated carbocycles. The minimum absolute atomic E-state index is 0.583. The number of aryl methyl sites for hydroxylation is 2. The molecule has 0 atom stereocenters. The topological polar surface area (TPSA) is 64.5 Å². The average molecular weight is 290 g/mol. The molecule has 22 heavy (non-hydrogen) atoms. The Morgan fingerprint density at radius 2 is 2.14 bits per heavy atom. The van der Waals surface area contributed by atoms with Crippen molar-refractivity contribution in [1.82, 2.24) is 9.97 Å². The molecule has 0 bridgehead atoms. The van der Waals surface area contributed by atoms with E-state index >= 15 is 0 Å². The molecule has 2 aromatic heterocycles. The molecule has 0 aliphatic heterocycles. The number of hydrogen-bond acceptors (Lipinski definition) is 3. The predicted octanol–water partition coefficient (Wildman–Crippen LogP) is 4.44. The molecule has 2 heterocycles. The molecule has 0 aliphatic carbocycles. The first-order valence-electron chi connectivity index (χ1n) is 7.45. The summed E-state index contributed by atoms with van der Waals surface area (Å²) in [4.78, 5) is 7.39. The number of nitrogens with one attached hydrogen (secondary N) is 2. The molecule has 0 radical (unpaired) electrons. The van der Waals surface area contributed by atoms with Gasteiger partial charge in [-0.3, -0.25) is 4.98 Å². The van der Waals surface area contributed by atoms with Crippen molar-refractivity contribution in [3.8, 4) is 6.07 Å². The van der Waals surface area contributed by atoms with Gasteiger partial charge in [0.2, 0.25) is 0 Å². The van der Waals surface area contributed by atoms with Gasteiger partial charge < -0.3 is 10.3 Å². The number of fused-ring (bicyclic) bond motifs is 1. The molecule has 0 saturated heterocycles. The Balaban J connectivity index is 2.08. The molecule has 1 aromatic carbocycles. The molecule has 3 aromatic rings. The highest BCUT2D eigenvalue weighted by Gasteiger charge is 2.11. The lowest BCUT2D eigenvalue weighted by atomic mass is 10.0. The predicted molar refractivity (Wildman–Crippen MR) is 89.3 cm³/mol. The molecule has 0 fully saturated rings. The third kappa shape index (κ3) is 2.42. The number of nitriles is 1. The third-order valence-corrected chi connectivity index (χ3v) is 3.93. The van der Waals surface area contributed by atoms with Crippen LogP contribution in [0.3, 0.4) is 0 Å². The van der Waals surface area contributed by atoms with Crippen molar-refractivity contribution in [3.63, 3.8) is 0 Å². The van der Waals surface area contributed by atoms with Gasteiger partial charge in [-0.15, -0.1) is 0 Å². The van der Waals surface area contributed by atoms with Gasteiger partial charge in [-0.2, -0.15) is 5.26 Å². The maximum atomic E-state index is 9.36. The number of H-pyrrole nitrogens is 1. The second kappa shape index (κ2) is 5.90. The number of rotatable bonds is 4. The van der Waals surface area contributed by atoms with Crippen LogP contribution < -0.4 is 5.32 Å². The highest BCUT2D eigenvalue weighted by atomic mass is 14.9. The SMILES string of the molecule is CCCc1cncc(C#N)c1Nc1ccc2[nH]ccc2c1C. The number of aromatic amines is 1. The van der Waals surface area contributed by atoms with Gasteiger partial charge in [0.1, 0.15) is 6.07 Å². The molecule has 0 unspecified atom stereocenters. The maximum absolute atomic E-state index is 9.36. The van der Waals surface area contributed by atoms with Crippen molar-refractivity contribution >= 4 is 22.3 Å². The van der Waals surface area contributed by atoms with E-state index in [0.29, 0.717) is 5.56 Å². The summed E-state index contributed by atoms with van der Waals surface area (Å²) in [7, 11) is 0. The zero-order chi connectivity index (χ0) is 15.5. The van der Waals surface area contributed by atoms with Crippen LogP contribution in [-0.2, 0) is 6.42 Å². The van der Waals surface area contributed by atoms with E-state index in [1.807, 2.05) is 18.5 Å². The lowest BCUT2D eigenvalue weighted by molar-refractivity contribution is 0.914. The Morgan fingerprint density at radius 3 is 2.91 bits per heavy atom. The van der Waals surface area contributed by atoms with Crippen molar-refractivity contribution in [2.75, 3.05) is 5.32 Å². The van der Waals surface area contributed by atoms with Crippen LogP contribution in [0.25, 0.3) is 10.9 Å². The van der Waals surface area contributed by atoms with E-state index in [0.717, 1.165) is 35.3 Å². The molecule has 0 amide bonds. The van der Waals surface area contributed by atoms with E-state index in [-0.39, 0.29) is 0 Å². The Bertz CT molecular complexity index is 855. The zero-order valence-corrected chi connectivity index (χ0v) is 12.8. The summed E-state index contributed by atoms with van der Waals surface area (Å²) >= 11 is 0. The summed E-state index contributed by atoms with van der Waals surface area (Å²) in [5.41, 5.74) is 5.84. The van der Waals surface area contributed by atoms with Crippen molar-refractivity contribution in [3.05, 3.63) is 53.5 Å². The smallest absolute Gasteiger partial charge is 0.103 e. The highest BCUT2D eigenvalue weighted by molar-refractivity contribution is 5.89. The largest absolute Gasteiger partial charge is 0.361 e. The average Bonchev–Trinajstić information content (AvgIpc) is 3.01. The number of benzene rings is 1. The Labute approximate surface area is 129 Å². The van der Waals surface area contributed by atoms with Crippen LogP contribution in [-0.4, -0.2) is 9.97 Å². The van der Waals surface area contributed by atoms with Crippen molar-refractivity contribution < 1.29 is 0 Å². The van der Waals surface area contributed by atoms with Crippen LogP contribution in [0.5, 0.6) is 0 Å². The number of aromatic nitrogens is 2. The van der Waals surface area contributed by atoms with Crippen molar-refractivity contribution in [2.24, 2.45) is 0 Å². The van der Waals surface area contributed by atoms with Crippen LogP contribution in [0.4, 0.5) is 11.4 Å². The lowest BCUT2D eigenvalue weighted by Gasteiger charge is -2.15. The van der Waals surface area contributed by atoms with Crippen molar-refractivity contribution in [2.45, 2.75) is 26.7 Å². The van der Waals surface area contributed by atoms with Crippen LogP contribution >= 0.6 is 0 Å². The van der Waals surface area contributed by atoms with Crippen LogP contribution in [0, 0.1) is 18.3 Å². The summed E-state index contributed by atoms with van der Waals surface area (Å²) in [5, 5.41) is 14.0. The Morgan fingerprint density at radius 1 is 1.27 bits per heavy atom. The molecule has 4 nitrogen and oxygen atoms in total. The van der Waals surface area contributed by atoms with E-state index in [4.69, 9.17) is 0 Å². The summed E-state index contributed by atoms with van der Waals surface area (Å²) in [6.45, 7) is 4.21. The molecule has 110 valence electrons. The fraction of sp³-hybridized carbons (Fsp3) is 0.222. The molecular formula is C18H18N4. The number of anilines is 2. The minimum atomic E-state index is 0.583. The van der Waals surface area contributed by atoms with Crippen LogP contribution in [0.2, 0.25) is 0 Å². The number of hydrogen-bond donors (Lipinski definition) is 2. The fourth-order valence-corrected chi connectivity index (χ4v) is 2.75. The quantitative estimate of drug-likeness (QED) is 0.746. The second-order valence-corrected chi connectivity index (χ2v) is 5.39. The van der Waals surface area contributed by atoms with Gasteiger partial charge in [-0.05, 0) is 42.7 Å². The first-order valence-corrected chi connectivity index (χ1v) is 7.45. The molecule has 0 spiro atoms. The highest BCUT2D eigenvalue weighted by Crippen LogP contribution is 2.30. The molecule has 4 heteroatoms. The molecule has 2 N–H and O–H groups in total. The first kappa shape index (κ1) is 14.2. The maximum Gasteiger partial charge on any atom is 0.103 e. The van der Waals surface area contributed by atoms with E-state index in [9.17, 15) is 5.26 Å². The summed E-state index contributed by atoms with van der Waals surface area (Å²) in [6, 6.07) is 8.41. The lowest BCUT2D eigenvalue weighted by Crippen LogP contribution is -2.02. The van der Waals surface area contributed by atoms with Gasteiger partial charge in [0.25, 0.3) is 0 Å². The molecule has 0 aliphatic rings. The minimum Gasteiger partial charge on any atom is -0.361 e. The van der Waals surface area contributed by atoms with Gasteiger partial charge in [0, 0.05) is 35.2 Å². The standard InChI is InChI=1S/C18H18N4/c1-3-4-13-10-20-11-14(9-19)18(13)22-16-5-6-17-15(12(16)2)7-8-21-17/h5-8,10-11,21H,3-4H2,1-2H3,(H,20,22). The first-order chi connectivity index (χ1) is 10.7. The number of pyridine rings is 1. The van der Waals surface area contributed by atoms with E-state index in [1.165, 1.54) is 10.9 Å². The van der Waals surface area contributed by atoms with Crippen LogP contribution in [0.1, 0.15) is 30.0 Å².